The van der Waals surface area contributed by atoms with Crippen molar-refractivity contribution in [1.82, 2.24) is 4.98 Å². The molecule has 1 aromatic carbocycles. The van der Waals surface area contributed by atoms with E-state index in [9.17, 15) is 9.18 Å². The first-order valence-electron chi connectivity index (χ1n) is 5.20. The number of carboxylic acid groups (broad SMARTS) is 1. The Morgan fingerprint density at radius 1 is 1.22 bits per heavy atom. The Morgan fingerprint density at radius 2 is 1.89 bits per heavy atom. The lowest BCUT2D eigenvalue weighted by molar-refractivity contribution is 0.0693. The SMILES string of the molecule is Cc1ccc(C(=O)O)c(Oc2ccc(F)cc2)n1. The molecule has 0 saturated carbocycles. The molecule has 0 radical (unpaired) electrons. The minimum atomic E-state index is -1.13. The molecule has 0 aliphatic heterocycles. The van der Waals surface area contributed by atoms with E-state index in [1.165, 1.54) is 30.3 Å². The first-order chi connectivity index (χ1) is 8.56. The van der Waals surface area contributed by atoms with Gasteiger partial charge in [0.1, 0.15) is 17.1 Å². The highest BCUT2D eigenvalue weighted by Crippen LogP contribution is 2.23. The number of hydrogen-bond acceptors (Lipinski definition) is 3. The molecule has 18 heavy (non-hydrogen) atoms. The molecule has 1 N–H and O–H groups in total. The van der Waals surface area contributed by atoms with Crippen LogP contribution in [0.4, 0.5) is 4.39 Å². The summed E-state index contributed by atoms with van der Waals surface area (Å²) in [6.07, 6.45) is 0. The summed E-state index contributed by atoms with van der Waals surface area (Å²) in [4.78, 5) is 15.0. The smallest absolute Gasteiger partial charge is 0.341 e. The van der Waals surface area contributed by atoms with Crippen LogP contribution in [0.15, 0.2) is 36.4 Å². The summed E-state index contributed by atoms with van der Waals surface area (Å²) in [5.41, 5.74) is 0.599. The van der Waals surface area contributed by atoms with Crippen LogP contribution in [0.3, 0.4) is 0 Å². The van der Waals surface area contributed by atoms with Crippen LogP contribution in [0.2, 0.25) is 0 Å². The maximum Gasteiger partial charge on any atom is 0.341 e. The van der Waals surface area contributed by atoms with Crippen molar-refractivity contribution >= 4 is 5.97 Å². The van der Waals surface area contributed by atoms with Crippen molar-refractivity contribution in [2.75, 3.05) is 0 Å². The van der Waals surface area contributed by atoms with Crippen molar-refractivity contribution in [3.8, 4) is 11.6 Å². The Hall–Kier alpha value is -2.43. The summed E-state index contributed by atoms with van der Waals surface area (Å²) in [7, 11) is 0. The molecule has 0 aliphatic carbocycles. The van der Waals surface area contributed by atoms with Crippen LogP contribution in [-0.4, -0.2) is 16.1 Å². The van der Waals surface area contributed by atoms with Crippen LogP contribution < -0.4 is 4.74 Å². The van der Waals surface area contributed by atoms with Gasteiger partial charge in [-0.05, 0) is 43.3 Å². The van der Waals surface area contributed by atoms with Gasteiger partial charge in [0, 0.05) is 5.69 Å². The van der Waals surface area contributed by atoms with Crippen molar-refractivity contribution in [1.29, 1.82) is 0 Å². The first-order valence-corrected chi connectivity index (χ1v) is 5.20. The highest BCUT2D eigenvalue weighted by atomic mass is 19.1. The molecule has 5 heteroatoms. The van der Waals surface area contributed by atoms with Crippen LogP contribution >= 0.6 is 0 Å². The minimum Gasteiger partial charge on any atom is -0.477 e. The molecule has 0 unspecified atom stereocenters. The molecule has 0 saturated heterocycles. The molecule has 1 aromatic heterocycles. The number of nitrogens with zero attached hydrogens (tertiary/aromatic N) is 1. The molecule has 2 rings (SSSR count). The molecule has 2 aromatic rings. The van der Waals surface area contributed by atoms with Crippen molar-refractivity contribution in [2.45, 2.75) is 6.92 Å². The van der Waals surface area contributed by atoms with Gasteiger partial charge < -0.3 is 9.84 Å². The number of rotatable bonds is 3. The molecule has 0 fully saturated rings. The number of ether oxygens (including phenoxy) is 1. The van der Waals surface area contributed by atoms with Gasteiger partial charge in [-0.15, -0.1) is 0 Å². The Balaban J connectivity index is 2.35. The van der Waals surface area contributed by atoms with Crippen molar-refractivity contribution in [3.63, 3.8) is 0 Å². The summed E-state index contributed by atoms with van der Waals surface area (Å²) in [5, 5.41) is 9.00. The van der Waals surface area contributed by atoms with Gasteiger partial charge in [0.05, 0.1) is 0 Å². The third kappa shape index (κ3) is 2.63. The molecule has 0 atom stereocenters. The molecular formula is C13H10FNO3. The molecular weight excluding hydrogens is 237 g/mol. The number of aromatic nitrogens is 1. The van der Waals surface area contributed by atoms with Crippen LogP contribution in [0.1, 0.15) is 16.1 Å². The first kappa shape index (κ1) is 12.0. The summed E-state index contributed by atoms with van der Waals surface area (Å²) in [6, 6.07) is 8.28. The summed E-state index contributed by atoms with van der Waals surface area (Å²) >= 11 is 0. The third-order valence-electron chi connectivity index (χ3n) is 2.26. The normalized spacial score (nSPS) is 10.1. The summed E-state index contributed by atoms with van der Waals surface area (Å²) in [5.74, 6) is -1.19. The predicted octanol–water partition coefficient (Wildman–Crippen LogP) is 3.02. The van der Waals surface area contributed by atoms with E-state index in [-0.39, 0.29) is 11.4 Å². The number of halogens is 1. The van der Waals surface area contributed by atoms with Crippen LogP contribution in [0, 0.1) is 12.7 Å². The monoisotopic (exact) mass is 247 g/mol. The fraction of sp³-hybridized carbons (Fsp3) is 0.0769. The van der Waals surface area contributed by atoms with E-state index in [1.54, 1.807) is 13.0 Å². The standard InChI is InChI=1S/C13H10FNO3/c1-8-2-7-11(13(16)17)12(15-8)18-10-5-3-9(14)4-6-10/h2-7H,1H3,(H,16,17). The lowest BCUT2D eigenvalue weighted by Gasteiger charge is -2.08. The van der Waals surface area contributed by atoms with Gasteiger partial charge in [-0.25, -0.2) is 14.2 Å². The fourth-order valence-corrected chi connectivity index (χ4v) is 1.39. The minimum absolute atomic E-state index is 0.00546. The van der Waals surface area contributed by atoms with E-state index in [2.05, 4.69) is 4.98 Å². The van der Waals surface area contributed by atoms with E-state index in [0.29, 0.717) is 11.4 Å². The zero-order chi connectivity index (χ0) is 13.1. The molecule has 0 amide bonds. The van der Waals surface area contributed by atoms with Crippen LogP contribution in [-0.2, 0) is 0 Å². The Bertz CT molecular complexity index is 581. The molecule has 0 spiro atoms. The number of aryl methyl sites for hydroxylation is 1. The van der Waals surface area contributed by atoms with Gasteiger partial charge in [0.2, 0.25) is 5.88 Å². The van der Waals surface area contributed by atoms with Crippen molar-refractivity contribution in [2.24, 2.45) is 0 Å². The van der Waals surface area contributed by atoms with Gasteiger partial charge >= 0.3 is 5.97 Å². The summed E-state index contributed by atoms with van der Waals surface area (Å²) in [6.45, 7) is 1.73. The molecule has 0 aliphatic rings. The Kier molecular flexibility index (Phi) is 3.23. The summed E-state index contributed by atoms with van der Waals surface area (Å²) < 4.78 is 18.1. The molecule has 1 heterocycles. The lowest BCUT2D eigenvalue weighted by atomic mass is 10.2. The quantitative estimate of drug-likeness (QED) is 0.905. The number of aromatic carboxylic acids is 1. The number of pyridine rings is 1. The zero-order valence-electron chi connectivity index (χ0n) is 9.55. The highest BCUT2D eigenvalue weighted by Gasteiger charge is 2.13. The second kappa shape index (κ2) is 4.83. The lowest BCUT2D eigenvalue weighted by Crippen LogP contribution is -2.02. The number of benzene rings is 1. The molecule has 0 bridgehead atoms. The number of hydrogen-bond donors (Lipinski definition) is 1. The van der Waals surface area contributed by atoms with Crippen LogP contribution in [0.25, 0.3) is 0 Å². The average Bonchev–Trinajstić information content (AvgIpc) is 2.32. The van der Waals surface area contributed by atoms with E-state index in [1.807, 2.05) is 0 Å². The van der Waals surface area contributed by atoms with E-state index in [4.69, 9.17) is 9.84 Å². The molecule has 4 nitrogen and oxygen atoms in total. The topological polar surface area (TPSA) is 59.4 Å². The van der Waals surface area contributed by atoms with E-state index in [0.717, 1.165) is 0 Å². The predicted molar refractivity (Wildman–Crippen MR) is 62.4 cm³/mol. The second-order valence-corrected chi connectivity index (χ2v) is 3.67. The maximum absolute atomic E-state index is 12.7. The van der Waals surface area contributed by atoms with Crippen molar-refractivity contribution < 1.29 is 19.0 Å². The average molecular weight is 247 g/mol. The van der Waals surface area contributed by atoms with Gasteiger partial charge in [-0.1, -0.05) is 0 Å². The number of carboxylic acids is 1. The highest BCUT2D eigenvalue weighted by molar-refractivity contribution is 5.90. The zero-order valence-corrected chi connectivity index (χ0v) is 9.55. The van der Waals surface area contributed by atoms with E-state index >= 15 is 0 Å². The maximum atomic E-state index is 12.7. The largest absolute Gasteiger partial charge is 0.477 e. The van der Waals surface area contributed by atoms with Crippen LogP contribution in [0.5, 0.6) is 11.6 Å². The van der Waals surface area contributed by atoms with Gasteiger partial charge in [0.25, 0.3) is 0 Å². The third-order valence-corrected chi connectivity index (χ3v) is 2.26. The van der Waals surface area contributed by atoms with Gasteiger partial charge in [-0.3, -0.25) is 0 Å². The Morgan fingerprint density at radius 3 is 2.50 bits per heavy atom. The van der Waals surface area contributed by atoms with Gasteiger partial charge in [-0.2, -0.15) is 0 Å². The fourth-order valence-electron chi connectivity index (χ4n) is 1.39. The Labute approximate surface area is 103 Å². The molecule has 92 valence electrons. The van der Waals surface area contributed by atoms with Gasteiger partial charge in [0.15, 0.2) is 0 Å². The van der Waals surface area contributed by atoms with E-state index < -0.39 is 11.8 Å². The van der Waals surface area contributed by atoms with Crippen molar-refractivity contribution in [3.05, 3.63) is 53.5 Å². The second-order valence-electron chi connectivity index (χ2n) is 3.67. The number of carbonyl (C=O) groups is 1.